The van der Waals surface area contributed by atoms with Crippen molar-refractivity contribution in [3.8, 4) is 5.75 Å². The van der Waals surface area contributed by atoms with E-state index in [0.29, 0.717) is 16.3 Å². The Kier molecular flexibility index (Phi) is 4.04. The number of aliphatic carboxylic acids is 1. The van der Waals surface area contributed by atoms with Crippen LogP contribution in [0.1, 0.15) is 31.9 Å². The van der Waals surface area contributed by atoms with Crippen LogP contribution in [-0.2, 0) is 16.6 Å². The van der Waals surface area contributed by atoms with E-state index in [1.54, 1.807) is 19.2 Å². The lowest BCUT2D eigenvalue weighted by Crippen LogP contribution is -2.13. The fraction of sp³-hybridized carbons (Fsp3) is 0.462. The van der Waals surface area contributed by atoms with Crippen LogP contribution in [0.4, 0.5) is 0 Å². The second-order valence-electron chi connectivity index (χ2n) is 4.96. The monoisotopic (exact) mass is 256 g/mol. The Morgan fingerprint density at radius 2 is 2.00 bits per heavy atom. The van der Waals surface area contributed by atoms with Crippen molar-refractivity contribution in [2.45, 2.75) is 32.6 Å². The lowest BCUT2D eigenvalue weighted by molar-refractivity contribution is -0.136. The lowest BCUT2D eigenvalue weighted by Gasteiger charge is -2.23. The number of benzene rings is 1. The molecule has 0 spiro atoms. The van der Waals surface area contributed by atoms with Gasteiger partial charge in [0, 0.05) is 10.6 Å². The Labute approximate surface area is 106 Å². The van der Waals surface area contributed by atoms with Crippen LogP contribution in [0.2, 0.25) is 5.02 Å². The van der Waals surface area contributed by atoms with Gasteiger partial charge in [0.15, 0.2) is 0 Å². The van der Waals surface area contributed by atoms with Crippen molar-refractivity contribution in [3.05, 3.63) is 28.3 Å². The molecule has 0 aliphatic rings. The van der Waals surface area contributed by atoms with Crippen molar-refractivity contribution in [2.24, 2.45) is 0 Å². The fourth-order valence-electron chi connectivity index (χ4n) is 1.65. The van der Waals surface area contributed by atoms with Crippen molar-refractivity contribution in [2.75, 3.05) is 7.11 Å². The Morgan fingerprint density at radius 3 is 2.41 bits per heavy atom. The predicted molar refractivity (Wildman–Crippen MR) is 68.0 cm³/mol. The summed E-state index contributed by atoms with van der Waals surface area (Å²) in [7, 11) is 1.57. The Bertz CT molecular complexity index is 433. The highest BCUT2D eigenvalue weighted by molar-refractivity contribution is 6.31. The molecule has 0 bridgehead atoms. The second-order valence-corrected chi connectivity index (χ2v) is 5.37. The van der Waals surface area contributed by atoms with Gasteiger partial charge < -0.3 is 9.84 Å². The van der Waals surface area contributed by atoms with Gasteiger partial charge in [0.05, 0.1) is 13.5 Å². The molecule has 0 heterocycles. The summed E-state index contributed by atoms with van der Waals surface area (Å²) in [6, 6.07) is 3.50. The fourth-order valence-corrected chi connectivity index (χ4v) is 1.88. The van der Waals surface area contributed by atoms with Gasteiger partial charge in [-0.15, -0.1) is 0 Å². The average Bonchev–Trinajstić information content (AvgIpc) is 2.18. The van der Waals surface area contributed by atoms with Crippen LogP contribution in [0.25, 0.3) is 0 Å². The van der Waals surface area contributed by atoms with Gasteiger partial charge in [-0.2, -0.15) is 0 Å². The first-order valence-corrected chi connectivity index (χ1v) is 5.72. The molecule has 0 aromatic heterocycles. The summed E-state index contributed by atoms with van der Waals surface area (Å²) in [4.78, 5) is 10.7. The molecule has 0 atom stereocenters. The predicted octanol–water partition coefficient (Wildman–Crippen LogP) is 3.27. The molecule has 17 heavy (non-hydrogen) atoms. The molecular weight excluding hydrogens is 240 g/mol. The molecule has 1 rings (SSSR count). The van der Waals surface area contributed by atoms with Crippen LogP contribution in [0, 0.1) is 0 Å². The average molecular weight is 257 g/mol. The normalized spacial score (nSPS) is 11.4. The van der Waals surface area contributed by atoms with E-state index in [0.717, 1.165) is 5.56 Å². The standard InChI is InChI=1S/C13H17ClO3/c1-13(2,3)9-7-10(14)8(6-12(15)16)5-11(9)17-4/h5,7H,6H2,1-4H3,(H,15,16). The van der Waals surface area contributed by atoms with E-state index in [1.807, 2.05) is 0 Å². The quantitative estimate of drug-likeness (QED) is 0.903. The van der Waals surface area contributed by atoms with Crippen molar-refractivity contribution < 1.29 is 14.6 Å². The zero-order chi connectivity index (χ0) is 13.2. The highest BCUT2D eigenvalue weighted by atomic mass is 35.5. The molecule has 0 saturated heterocycles. The van der Waals surface area contributed by atoms with Gasteiger partial charge in [-0.1, -0.05) is 32.4 Å². The van der Waals surface area contributed by atoms with Gasteiger partial charge in [0.2, 0.25) is 0 Å². The molecule has 3 nitrogen and oxygen atoms in total. The maximum Gasteiger partial charge on any atom is 0.307 e. The van der Waals surface area contributed by atoms with E-state index in [1.165, 1.54) is 0 Å². The molecule has 0 saturated carbocycles. The van der Waals surface area contributed by atoms with Crippen LogP contribution in [0.5, 0.6) is 5.75 Å². The molecule has 94 valence electrons. The number of ether oxygens (including phenoxy) is 1. The third-order valence-corrected chi connectivity index (χ3v) is 2.87. The van der Waals surface area contributed by atoms with Gasteiger partial charge in [0.25, 0.3) is 0 Å². The van der Waals surface area contributed by atoms with Crippen LogP contribution < -0.4 is 4.74 Å². The van der Waals surface area contributed by atoms with E-state index in [2.05, 4.69) is 20.8 Å². The molecule has 0 amide bonds. The van der Waals surface area contributed by atoms with Gasteiger partial charge in [-0.05, 0) is 23.1 Å². The van der Waals surface area contributed by atoms with Crippen LogP contribution in [0.15, 0.2) is 12.1 Å². The molecule has 4 heteroatoms. The number of carboxylic acid groups (broad SMARTS) is 1. The van der Waals surface area contributed by atoms with Crippen molar-refractivity contribution >= 4 is 17.6 Å². The van der Waals surface area contributed by atoms with Crippen LogP contribution in [0.3, 0.4) is 0 Å². The Balaban J connectivity index is 3.29. The summed E-state index contributed by atoms with van der Waals surface area (Å²) in [6.07, 6.45) is -0.0976. The highest BCUT2D eigenvalue weighted by Crippen LogP contribution is 2.35. The summed E-state index contributed by atoms with van der Waals surface area (Å²) in [6.45, 7) is 6.16. The summed E-state index contributed by atoms with van der Waals surface area (Å²) >= 11 is 6.09. The first-order valence-electron chi connectivity index (χ1n) is 5.34. The van der Waals surface area contributed by atoms with Crippen molar-refractivity contribution in [1.82, 2.24) is 0 Å². The molecule has 0 radical (unpaired) electrons. The zero-order valence-corrected chi connectivity index (χ0v) is 11.3. The highest BCUT2D eigenvalue weighted by Gasteiger charge is 2.21. The van der Waals surface area contributed by atoms with Gasteiger partial charge >= 0.3 is 5.97 Å². The number of hydrogen-bond acceptors (Lipinski definition) is 2. The molecule has 1 aromatic carbocycles. The molecule has 0 aliphatic heterocycles. The largest absolute Gasteiger partial charge is 0.496 e. The SMILES string of the molecule is COc1cc(CC(=O)O)c(Cl)cc1C(C)(C)C. The van der Waals surface area contributed by atoms with Crippen LogP contribution in [-0.4, -0.2) is 18.2 Å². The molecule has 1 N–H and O–H groups in total. The number of rotatable bonds is 3. The van der Waals surface area contributed by atoms with Crippen molar-refractivity contribution in [1.29, 1.82) is 0 Å². The van der Waals surface area contributed by atoms with E-state index in [9.17, 15) is 4.79 Å². The minimum atomic E-state index is -0.905. The van der Waals surface area contributed by atoms with Gasteiger partial charge in [-0.25, -0.2) is 0 Å². The molecule has 0 fully saturated rings. The minimum Gasteiger partial charge on any atom is -0.496 e. The molecule has 1 aromatic rings. The van der Waals surface area contributed by atoms with E-state index >= 15 is 0 Å². The Hall–Kier alpha value is -1.22. The number of carbonyl (C=O) groups is 1. The number of carboxylic acids is 1. The number of halogens is 1. The number of hydrogen-bond donors (Lipinski definition) is 1. The van der Waals surface area contributed by atoms with Gasteiger partial charge in [-0.3, -0.25) is 4.79 Å². The number of methoxy groups -OCH3 is 1. The van der Waals surface area contributed by atoms with E-state index in [-0.39, 0.29) is 11.8 Å². The summed E-state index contributed by atoms with van der Waals surface area (Å²) in [5.41, 5.74) is 1.44. The third kappa shape index (κ3) is 3.37. The maximum atomic E-state index is 10.7. The molecule has 0 aliphatic carbocycles. The Morgan fingerprint density at radius 1 is 1.41 bits per heavy atom. The topological polar surface area (TPSA) is 46.5 Å². The first kappa shape index (κ1) is 13.8. The molecule has 0 unspecified atom stereocenters. The first-order chi connectivity index (χ1) is 7.75. The van der Waals surface area contributed by atoms with E-state index < -0.39 is 5.97 Å². The maximum absolute atomic E-state index is 10.7. The van der Waals surface area contributed by atoms with Crippen molar-refractivity contribution in [3.63, 3.8) is 0 Å². The lowest BCUT2D eigenvalue weighted by atomic mass is 9.85. The zero-order valence-electron chi connectivity index (χ0n) is 10.5. The summed E-state index contributed by atoms with van der Waals surface area (Å²) in [5, 5.41) is 9.26. The third-order valence-electron chi connectivity index (χ3n) is 2.52. The van der Waals surface area contributed by atoms with Crippen LogP contribution >= 0.6 is 11.6 Å². The van der Waals surface area contributed by atoms with Gasteiger partial charge in [0.1, 0.15) is 5.75 Å². The molecular formula is C13H17ClO3. The summed E-state index contributed by atoms with van der Waals surface area (Å²) in [5.74, 6) is -0.226. The summed E-state index contributed by atoms with van der Waals surface area (Å²) < 4.78 is 5.30. The van der Waals surface area contributed by atoms with E-state index in [4.69, 9.17) is 21.4 Å². The second kappa shape index (κ2) is 4.96. The smallest absolute Gasteiger partial charge is 0.307 e. The minimum absolute atomic E-state index is 0.0976.